The van der Waals surface area contributed by atoms with Crippen LogP contribution >= 0.6 is 0 Å². The summed E-state index contributed by atoms with van der Waals surface area (Å²) in [5.74, 6) is -0.140. The highest BCUT2D eigenvalue weighted by atomic mass is 19.1. The van der Waals surface area contributed by atoms with Gasteiger partial charge in [0.1, 0.15) is 5.82 Å². The molecule has 0 spiro atoms. The van der Waals surface area contributed by atoms with Gasteiger partial charge in [-0.3, -0.25) is 0 Å². The topological polar surface area (TPSA) is 35.8 Å². The third-order valence-corrected chi connectivity index (χ3v) is 3.29. The first-order chi connectivity index (χ1) is 7.72. The molecule has 0 aromatic heterocycles. The highest BCUT2D eigenvalue weighted by Gasteiger charge is 2.27. The molecule has 1 saturated carbocycles. The molecule has 2 atom stereocenters. The van der Waals surface area contributed by atoms with E-state index in [-0.39, 0.29) is 17.8 Å². The molecule has 1 N–H and O–H groups in total. The van der Waals surface area contributed by atoms with E-state index in [4.69, 9.17) is 5.26 Å². The summed E-state index contributed by atoms with van der Waals surface area (Å²) in [4.78, 5) is 0. The largest absolute Gasteiger partial charge is 0.381 e. The Balaban J connectivity index is 2.15. The van der Waals surface area contributed by atoms with Crippen LogP contribution in [0.25, 0.3) is 0 Å². The predicted molar refractivity (Wildman–Crippen MR) is 61.5 cm³/mol. The lowest BCUT2D eigenvalue weighted by Gasteiger charge is -2.18. The van der Waals surface area contributed by atoms with Crippen LogP contribution in [0.5, 0.6) is 0 Å². The first-order valence-electron chi connectivity index (χ1n) is 5.63. The molecule has 0 heterocycles. The maximum absolute atomic E-state index is 13.3. The van der Waals surface area contributed by atoms with Crippen molar-refractivity contribution in [2.75, 3.05) is 5.32 Å². The Bertz CT molecular complexity index is 422. The normalized spacial score (nSPS) is 24.1. The van der Waals surface area contributed by atoms with Crippen LogP contribution < -0.4 is 5.32 Å². The Kier molecular flexibility index (Phi) is 3.09. The Morgan fingerprint density at radius 2 is 2.25 bits per heavy atom. The molecule has 3 heteroatoms. The van der Waals surface area contributed by atoms with E-state index < -0.39 is 0 Å². The third-order valence-electron chi connectivity index (χ3n) is 3.29. The monoisotopic (exact) mass is 218 g/mol. The summed E-state index contributed by atoms with van der Waals surface area (Å²) in [5, 5.41) is 12.3. The molecule has 1 aromatic rings. The Morgan fingerprint density at radius 3 is 3.00 bits per heavy atom. The van der Waals surface area contributed by atoms with E-state index in [1.165, 1.54) is 6.07 Å². The molecule has 1 aromatic carbocycles. The van der Waals surface area contributed by atoms with E-state index in [1.54, 1.807) is 13.0 Å². The fourth-order valence-corrected chi connectivity index (χ4v) is 2.25. The number of halogens is 1. The van der Waals surface area contributed by atoms with Crippen molar-refractivity contribution in [3.63, 3.8) is 0 Å². The second-order valence-electron chi connectivity index (χ2n) is 4.33. The molecular weight excluding hydrogens is 203 g/mol. The van der Waals surface area contributed by atoms with Crippen molar-refractivity contribution in [3.05, 3.63) is 29.6 Å². The zero-order valence-corrected chi connectivity index (χ0v) is 9.33. The van der Waals surface area contributed by atoms with Gasteiger partial charge in [0, 0.05) is 17.3 Å². The molecular formula is C13H15FN2. The van der Waals surface area contributed by atoms with E-state index in [1.807, 2.05) is 6.07 Å². The molecule has 84 valence electrons. The van der Waals surface area contributed by atoms with Crippen LogP contribution in [0.2, 0.25) is 0 Å². The van der Waals surface area contributed by atoms with Crippen molar-refractivity contribution >= 4 is 5.69 Å². The molecule has 1 aliphatic carbocycles. The SMILES string of the molecule is Cc1c(F)cccc1NC1CCCC1C#N. The zero-order valence-electron chi connectivity index (χ0n) is 9.33. The van der Waals surface area contributed by atoms with Crippen LogP contribution in [0, 0.1) is 30.0 Å². The minimum atomic E-state index is -0.198. The van der Waals surface area contributed by atoms with Gasteiger partial charge in [-0.05, 0) is 38.3 Å². The van der Waals surface area contributed by atoms with Crippen molar-refractivity contribution < 1.29 is 4.39 Å². The molecule has 0 bridgehead atoms. The summed E-state index contributed by atoms with van der Waals surface area (Å²) in [5.41, 5.74) is 1.44. The van der Waals surface area contributed by atoms with Gasteiger partial charge in [0.15, 0.2) is 0 Å². The molecule has 1 fully saturated rings. The van der Waals surface area contributed by atoms with Crippen molar-refractivity contribution in [3.8, 4) is 6.07 Å². The van der Waals surface area contributed by atoms with Gasteiger partial charge >= 0.3 is 0 Å². The summed E-state index contributed by atoms with van der Waals surface area (Å²) in [6, 6.07) is 7.50. The first-order valence-corrected chi connectivity index (χ1v) is 5.63. The standard InChI is InChI=1S/C13H15FN2/c1-9-11(14)5-3-6-12(9)16-13-7-2-4-10(13)8-15/h3,5-6,10,13,16H,2,4,7H2,1H3. The number of hydrogen-bond donors (Lipinski definition) is 1. The van der Waals surface area contributed by atoms with Crippen LogP contribution in [0.15, 0.2) is 18.2 Å². The van der Waals surface area contributed by atoms with Gasteiger partial charge in [-0.2, -0.15) is 5.26 Å². The lowest BCUT2D eigenvalue weighted by Crippen LogP contribution is -2.23. The van der Waals surface area contributed by atoms with Gasteiger partial charge in [-0.15, -0.1) is 0 Å². The second-order valence-corrected chi connectivity index (χ2v) is 4.33. The van der Waals surface area contributed by atoms with Gasteiger partial charge in [0.05, 0.1) is 12.0 Å². The molecule has 16 heavy (non-hydrogen) atoms. The van der Waals surface area contributed by atoms with Crippen LogP contribution in [-0.4, -0.2) is 6.04 Å². The second kappa shape index (κ2) is 4.52. The fraction of sp³-hybridized carbons (Fsp3) is 0.462. The number of anilines is 1. The van der Waals surface area contributed by atoms with Crippen molar-refractivity contribution in [2.45, 2.75) is 32.2 Å². The molecule has 2 nitrogen and oxygen atoms in total. The Morgan fingerprint density at radius 1 is 1.44 bits per heavy atom. The summed E-state index contributed by atoms with van der Waals surface area (Å²) in [6.07, 6.45) is 3.01. The van der Waals surface area contributed by atoms with E-state index in [0.717, 1.165) is 24.9 Å². The van der Waals surface area contributed by atoms with Crippen LogP contribution in [0.4, 0.5) is 10.1 Å². The summed E-state index contributed by atoms with van der Waals surface area (Å²) >= 11 is 0. The summed E-state index contributed by atoms with van der Waals surface area (Å²) in [6.45, 7) is 1.76. The molecule has 2 rings (SSSR count). The predicted octanol–water partition coefficient (Wildman–Crippen LogP) is 3.24. The van der Waals surface area contributed by atoms with Crippen molar-refractivity contribution in [2.24, 2.45) is 5.92 Å². The van der Waals surface area contributed by atoms with Crippen LogP contribution in [-0.2, 0) is 0 Å². The smallest absolute Gasteiger partial charge is 0.128 e. The van der Waals surface area contributed by atoms with Gasteiger partial charge < -0.3 is 5.32 Å². The molecule has 0 saturated heterocycles. The minimum Gasteiger partial charge on any atom is -0.381 e. The lowest BCUT2D eigenvalue weighted by molar-refractivity contribution is 0.611. The average Bonchev–Trinajstić information content (AvgIpc) is 2.72. The molecule has 2 unspecified atom stereocenters. The molecule has 0 amide bonds. The number of rotatable bonds is 2. The minimum absolute atomic E-state index is 0.0580. The number of nitrogens with zero attached hydrogens (tertiary/aromatic N) is 1. The highest BCUT2D eigenvalue weighted by molar-refractivity contribution is 5.52. The van der Waals surface area contributed by atoms with Gasteiger partial charge in [-0.1, -0.05) is 6.07 Å². The highest BCUT2D eigenvalue weighted by Crippen LogP contribution is 2.29. The van der Waals surface area contributed by atoms with Gasteiger partial charge in [0.25, 0.3) is 0 Å². The average molecular weight is 218 g/mol. The van der Waals surface area contributed by atoms with Crippen LogP contribution in [0.3, 0.4) is 0 Å². The van der Waals surface area contributed by atoms with Crippen molar-refractivity contribution in [1.29, 1.82) is 5.26 Å². The number of nitrogens with one attached hydrogen (secondary N) is 1. The Labute approximate surface area is 95.1 Å². The summed E-state index contributed by atoms with van der Waals surface area (Å²) in [7, 11) is 0. The quantitative estimate of drug-likeness (QED) is 0.827. The lowest BCUT2D eigenvalue weighted by atomic mass is 10.0. The van der Waals surface area contributed by atoms with Gasteiger partial charge in [-0.25, -0.2) is 4.39 Å². The first kappa shape index (κ1) is 10.9. The zero-order chi connectivity index (χ0) is 11.5. The number of hydrogen-bond acceptors (Lipinski definition) is 2. The third kappa shape index (κ3) is 2.01. The molecule has 1 aliphatic rings. The number of benzene rings is 1. The number of nitriles is 1. The molecule has 0 aliphatic heterocycles. The molecule has 0 radical (unpaired) electrons. The van der Waals surface area contributed by atoms with E-state index in [2.05, 4.69) is 11.4 Å². The van der Waals surface area contributed by atoms with E-state index >= 15 is 0 Å². The fourth-order valence-electron chi connectivity index (χ4n) is 2.25. The van der Waals surface area contributed by atoms with E-state index in [9.17, 15) is 4.39 Å². The van der Waals surface area contributed by atoms with Gasteiger partial charge in [0.2, 0.25) is 0 Å². The van der Waals surface area contributed by atoms with Crippen LogP contribution in [0.1, 0.15) is 24.8 Å². The summed E-state index contributed by atoms with van der Waals surface area (Å²) < 4.78 is 13.3. The maximum Gasteiger partial charge on any atom is 0.128 e. The van der Waals surface area contributed by atoms with E-state index in [0.29, 0.717) is 5.56 Å². The Hall–Kier alpha value is -1.56. The van der Waals surface area contributed by atoms with Crippen molar-refractivity contribution in [1.82, 2.24) is 0 Å². The maximum atomic E-state index is 13.3.